The number of carboxylic acids is 5. The largest absolute Gasteiger partial charge is 0.481 e. The summed E-state index contributed by atoms with van der Waals surface area (Å²) in [5.74, 6) is -17.5. The maximum atomic E-state index is 13.8. The molecule has 7 amide bonds. The number of amides is 7. The van der Waals surface area contributed by atoms with Gasteiger partial charge in [0.15, 0.2) is 5.92 Å². The third kappa shape index (κ3) is 18.0. The summed E-state index contributed by atoms with van der Waals surface area (Å²) in [5, 5.41) is 59.8. The molecule has 1 aromatic rings. The second-order valence-corrected chi connectivity index (χ2v) is 13.9. The van der Waals surface area contributed by atoms with Crippen LogP contribution in [0.2, 0.25) is 0 Å². The highest BCUT2D eigenvalue weighted by Crippen LogP contribution is 2.18. The molecular formula is C36H49N7O17. The van der Waals surface area contributed by atoms with Gasteiger partial charge in [-0.25, -0.2) is 0 Å². The number of hydrogen-bond donors (Lipinski definition) is 12. The van der Waals surface area contributed by atoms with E-state index in [0.717, 1.165) is 26.0 Å². The Morgan fingerprint density at radius 1 is 0.550 bits per heavy atom. The van der Waals surface area contributed by atoms with Gasteiger partial charge < -0.3 is 63.2 Å². The van der Waals surface area contributed by atoms with Crippen molar-refractivity contribution in [3.8, 4) is 0 Å². The van der Waals surface area contributed by atoms with Gasteiger partial charge in [-0.1, -0.05) is 38.1 Å². The van der Waals surface area contributed by atoms with Gasteiger partial charge in [0.25, 0.3) is 0 Å². The SMILES string of the molecule is CC(=O)N[C@@H](CC(=O)O)C(=O)N[C@@H](C)C(=O)N[C@@H](CC(=O)O)C(=O)N[C@@H](CCC(=O)O)C(=O)N[C@@H](Cc1ccc(C(C(=O)O)C(=O)O)cc1)C(=O)N[C@@H](CC(C)C)C(N)=O. The van der Waals surface area contributed by atoms with Crippen molar-refractivity contribution in [2.24, 2.45) is 11.7 Å². The highest BCUT2D eigenvalue weighted by molar-refractivity contribution is 6.00. The van der Waals surface area contributed by atoms with Crippen LogP contribution in [-0.2, 0) is 64.0 Å². The molecule has 0 fully saturated rings. The topological polar surface area (TPSA) is 404 Å². The number of nitrogens with two attached hydrogens (primary N) is 1. The van der Waals surface area contributed by atoms with Gasteiger partial charge in [-0.2, -0.15) is 0 Å². The van der Waals surface area contributed by atoms with Gasteiger partial charge in [0.2, 0.25) is 41.4 Å². The minimum absolute atomic E-state index is 0.0662. The molecule has 24 heteroatoms. The molecule has 60 heavy (non-hydrogen) atoms. The molecule has 0 saturated heterocycles. The number of carboxylic acid groups (broad SMARTS) is 5. The maximum absolute atomic E-state index is 13.8. The zero-order valence-electron chi connectivity index (χ0n) is 32.9. The standard InChI is InChI=1S/C36H49N7O17/c1-15(2)11-21(29(37)51)41-33(55)22(12-18-5-7-19(8-6-18)28(35(57)58)36(59)60)43-31(53)20(9-10-25(45)46)40-34(56)24(14-27(49)50)42-30(52)16(3)38-32(54)23(13-26(47)48)39-17(4)44/h5-8,15-16,20-24,28H,9-14H2,1-4H3,(H2,37,51)(H,38,54)(H,39,44)(H,40,56)(H,41,55)(H,42,52)(H,43,53)(H,45,46)(H,47,48)(H,49,50)(H,57,58)(H,59,60)/t16-,20-,21-,22-,23-,24-/m0/s1. The predicted octanol–water partition coefficient (Wildman–Crippen LogP) is -3.22. The van der Waals surface area contributed by atoms with Gasteiger partial charge in [0.05, 0.1) is 12.8 Å². The van der Waals surface area contributed by atoms with Gasteiger partial charge in [-0.15, -0.1) is 0 Å². The summed E-state index contributed by atoms with van der Waals surface area (Å²) in [6.07, 6.45) is -3.76. The first-order chi connectivity index (χ1) is 27.8. The van der Waals surface area contributed by atoms with Crippen LogP contribution in [0.5, 0.6) is 0 Å². The molecule has 0 aliphatic rings. The third-order valence-electron chi connectivity index (χ3n) is 8.36. The molecule has 6 atom stereocenters. The van der Waals surface area contributed by atoms with Crippen LogP contribution in [-0.4, -0.2) is 133 Å². The lowest BCUT2D eigenvalue weighted by atomic mass is 9.96. The molecule has 1 rings (SSSR count). The molecule has 330 valence electrons. The maximum Gasteiger partial charge on any atom is 0.322 e. The molecular weight excluding hydrogens is 802 g/mol. The number of hydrogen-bond acceptors (Lipinski definition) is 12. The van der Waals surface area contributed by atoms with Gasteiger partial charge in [-0.05, 0) is 36.8 Å². The number of carbonyl (C=O) groups excluding carboxylic acids is 7. The normalized spacial score (nSPS) is 13.8. The fraction of sp³-hybridized carbons (Fsp3) is 0.500. The minimum Gasteiger partial charge on any atom is -0.481 e. The predicted molar refractivity (Wildman–Crippen MR) is 201 cm³/mol. The smallest absolute Gasteiger partial charge is 0.322 e. The molecule has 0 aliphatic carbocycles. The molecule has 0 spiro atoms. The van der Waals surface area contributed by atoms with E-state index in [0.29, 0.717) is 0 Å². The summed E-state index contributed by atoms with van der Waals surface area (Å²) in [6, 6.07) is -5.04. The van der Waals surface area contributed by atoms with E-state index in [2.05, 4.69) is 31.9 Å². The quantitative estimate of drug-likeness (QED) is 0.0408. The fourth-order valence-electron chi connectivity index (χ4n) is 5.44. The lowest BCUT2D eigenvalue weighted by Gasteiger charge is -2.27. The Morgan fingerprint density at radius 3 is 1.43 bits per heavy atom. The Bertz CT molecular complexity index is 1790. The van der Waals surface area contributed by atoms with Crippen molar-refractivity contribution in [1.82, 2.24) is 31.9 Å². The number of carbonyl (C=O) groups is 12. The highest BCUT2D eigenvalue weighted by Gasteiger charge is 2.34. The Kier molecular flexibility index (Phi) is 20.3. The van der Waals surface area contributed by atoms with Crippen LogP contribution in [0.3, 0.4) is 0 Å². The van der Waals surface area contributed by atoms with Crippen molar-refractivity contribution in [3.05, 3.63) is 35.4 Å². The van der Waals surface area contributed by atoms with Gasteiger partial charge in [0, 0.05) is 19.8 Å². The van der Waals surface area contributed by atoms with Crippen molar-refractivity contribution < 1.29 is 83.1 Å². The summed E-state index contributed by atoms with van der Waals surface area (Å²) < 4.78 is 0. The minimum atomic E-state index is -1.98. The Morgan fingerprint density at radius 2 is 0.983 bits per heavy atom. The van der Waals surface area contributed by atoms with Crippen molar-refractivity contribution >= 4 is 71.2 Å². The Balaban J connectivity index is 3.48. The van der Waals surface area contributed by atoms with Crippen molar-refractivity contribution in [1.29, 1.82) is 0 Å². The summed E-state index contributed by atoms with van der Waals surface area (Å²) >= 11 is 0. The van der Waals surface area contributed by atoms with Gasteiger partial charge in [-0.3, -0.25) is 57.5 Å². The number of nitrogens with one attached hydrogen (secondary N) is 6. The molecule has 0 radical (unpaired) electrons. The van der Waals surface area contributed by atoms with E-state index in [1.165, 1.54) is 12.1 Å². The first-order valence-electron chi connectivity index (χ1n) is 18.1. The first kappa shape index (κ1) is 50.9. The number of primary amides is 1. The second kappa shape index (κ2) is 23.9. The number of benzene rings is 1. The van der Waals surface area contributed by atoms with E-state index in [1.807, 2.05) is 0 Å². The van der Waals surface area contributed by atoms with Crippen LogP contribution in [0.25, 0.3) is 0 Å². The summed E-state index contributed by atoms with van der Waals surface area (Å²) in [5.41, 5.74) is 5.55. The molecule has 0 saturated carbocycles. The van der Waals surface area contributed by atoms with Crippen molar-refractivity contribution in [3.63, 3.8) is 0 Å². The lowest BCUT2D eigenvalue weighted by molar-refractivity contribution is -0.150. The van der Waals surface area contributed by atoms with Crippen LogP contribution < -0.4 is 37.6 Å². The lowest BCUT2D eigenvalue weighted by Crippen LogP contribution is -2.60. The molecule has 0 aromatic heterocycles. The van der Waals surface area contributed by atoms with E-state index >= 15 is 0 Å². The van der Waals surface area contributed by atoms with E-state index in [-0.39, 0.29) is 23.5 Å². The number of aliphatic carboxylic acids is 5. The molecule has 1 aromatic carbocycles. The van der Waals surface area contributed by atoms with Crippen LogP contribution in [0.15, 0.2) is 24.3 Å². The third-order valence-corrected chi connectivity index (χ3v) is 8.36. The molecule has 0 bridgehead atoms. The summed E-state index contributed by atoms with van der Waals surface area (Å²) in [7, 11) is 0. The van der Waals surface area contributed by atoms with Crippen molar-refractivity contribution in [2.75, 3.05) is 0 Å². The van der Waals surface area contributed by atoms with Gasteiger partial charge >= 0.3 is 29.8 Å². The van der Waals surface area contributed by atoms with Crippen LogP contribution in [0.1, 0.15) is 76.8 Å². The van der Waals surface area contributed by atoms with Crippen molar-refractivity contribution in [2.45, 2.75) is 108 Å². The van der Waals surface area contributed by atoms with Crippen LogP contribution in [0, 0.1) is 5.92 Å². The van der Waals surface area contributed by atoms with E-state index in [1.54, 1.807) is 13.8 Å². The van der Waals surface area contributed by atoms with Crippen LogP contribution >= 0.6 is 0 Å². The van der Waals surface area contributed by atoms with E-state index < -0.39 is 145 Å². The molecule has 0 heterocycles. The fourth-order valence-corrected chi connectivity index (χ4v) is 5.44. The van der Waals surface area contributed by atoms with Crippen LogP contribution in [0.4, 0.5) is 0 Å². The Labute approximate surface area is 341 Å². The molecule has 24 nitrogen and oxygen atoms in total. The monoisotopic (exact) mass is 851 g/mol. The highest BCUT2D eigenvalue weighted by atomic mass is 16.4. The number of rotatable bonds is 26. The summed E-state index contributed by atoms with van der Waals surface area (Å²) in [4.78, 5) is 147. The van der Waals surface area contributed by atoms with E-state index in [4.69, 9.17) is 10.8 Å². The average molecular weight is 852 g/mol. The molecule has 0 aliphatic heterocycles. The average Bonchev–Trinajstić information content (AvgIpc) is 3.11. The Hall–Kier alpha value is -7.14. The molecule has 13 N–H and O–H groups in total. The van der Waals surface area contributed by atoms with Gasteiger partial charge in [0.1, 0.15) is 36.3 Å². The summed E-state index contributed by atoms with van der Waals surface area (Å²) in [6.45, 7) is 5.53. The van der Waals surface area contributed by atoms with E-state index in [9.17, 15) is 78.0 Å². The zero-order chi connectivity index (χ0) is 46.0. The molecule has 0 unspecified atom stereocenters. The zero-order valence-corrected chi connectivity index (χ0v) is 32.9. The first-order valence-corrected chi connectivity index (χ1v) is 18.1. The second-order valence-electron chi connectivity index (χ2n) is 13.9.